The van der Waals surface area contributed by atoms with Crippen molar-refractivity contribution in [3.63, 3.8) is 0 Å². The van der Waals surface area contributed by atoms with E-state index in [1.54, 1.807) is 16.8 Å². The first-order valence-corrected chi connectivity index (χ1v) is 6.72. The molecule has 1 aromatic heterocycles. The van der Waals surface area contributed by atoms with E-state index < -0.39 is 0 Å². The Hall–Kier alpha value is -2.23. The summed E-state index contributed by atoms with van der Waals surface area (Å²) in [4.78, 5) is 11.6. The molecule has 1 aromatic carbocycles. The van der Waals surface area contributed by atoms with Crippen molar-refractivity contribution in [1.82, 2.24) is 4.57 Å². The monoisotopic (exact) mass is 272 g/mol. The van der Waals surface area contributed by atoms with Crippen LogP contribution < -0.4 is 16.0 Å². The number of anilines is 1. The van der Waals surface area contributed by atoms with Crippen molar-refractivity contribution in [2.45, 2.75) is 26.8 Å². The Morgan fingerprint density at radius 1 is 1.15 bits per heavy atom. The molecule has 0 atom stereocenters. The summed E-state index contributed by atoms with van der Waals surface area (Å²) < 4.78 is 7.32. The lowest BCUT2D eigenvalue weighted by Crippen LogP contribution is -2.20. The number of hydrogen-bond acceptors (Lipinski definition) is 3. The highest BCUT2D eigenvalue weighted by Crippen LogP contribution is 2.16. The molecule has 2 N–H and O–H groups in total. The standard InChI is InChI=1S/C16H20N2O2/c1-12-8-13(2)10-15(9-12)20-7-3-6-18-11-14(17)4-5-16(18)19/h4-5,8-11H,3,6-7,17H2,1-2H3. The van der Waals surface area contributed by atoms with Gasteiger partial charge in [0.15, 0.2) is 0 Å². The number of rotatable bonds is 5. The Labute approximate surface area is 118 Å². The van der Waals surface area contributed by atoms with Crippen LogP contribution >= 0.6 is 0 Å². The van der Waals surface area contributed by atoms with Crippen molar-refractivity contribution in [3.05, 3.63) is 58.0 Å². The van der Waals surface area contributed by atoms with E-state index in [0.29, 0.717) is 18.8 Å². The third kappa shape index (κ3) is 3.88. The van der Waals surface area contributed by atoms with Crippen LogP contribution in [0.4, 0.5) is 5.69 Å². The first-order chi connectivity index (χ1) is 9.54. The quantitative estimate of drug-likeness (QED) is 0.851. The summed E-state index contributed by atoms with van der Waals surface area (Å²) in [5, 5.41) is 0. The molecule has 0 aliphatic rings. The van der Waals surface area contributed by atoms with Gasteiger partial charge in [-0.3, -0.25) is 4.79 Å². The maximum Gasteiger partial charge on any atom is 0.250 e. The van der Waals surface area contributed by atoms with Crippen molar-refractivity contribution >= 4 is 5.69 Å². The zero-order valence-corrected chi connectivity index (χ0v) is 11.9. The van der Waals surface area contributed by atoms with E-state index in [0.717, 1.165) is 12.2 Å². The number of aryl methyl sites for hydroxylation is 3. The van der Waals surface area contributed by atoms with E-state index in [1.165, 1.54) is 17.2 Å². The normalized spacial score (nSPS) is 10.5. The van der Waals surface area contributed by atoms with E-state index in [1.807, 2.05) is 26.0 Å². The first kappa shape index (κ1) is 14.2. The highest BCUT2D eigenvalue weighted by molar-refractivity contribution is 5.33. The molecule has 0 spiro atoms. The van der Waals surface area contributed by atoms with Gasteiger partial charge in [-0.15, -0.1) is 0 Å². The van der Waals surface area contributed by atoms with Crippen molar-refractivity contribution in [1.29, 1.82) is 0 Å². The second-order valence-electron chi connectivity index (χ2n) is 5.02. The molecule has 0 aliphatic carbocycles. The van der Waals surface area contributed by atoms with Gasteiger partial charge in [0.1, 0.15) is 5.75 Å². The van der Waals surface area contributed by atoms with Gasteiger partial charge in [-0.05, 0) is 49.6 Å². The molecule has 0 aliphatic heterocycles. The number of benzene rings is 1. The number of ether oxygens (including phenoxy) is 1. The van der Waals surface area contributed by atoms with Gasteiger partial charge < -0.3 is 15.0 Å². The Morgan fingerprint density at radius 2 is 1.85 bits per heavy atom. The second kappa shape index (κ2) is 6.28. The van der Waals surface area contributed by atoms with Gasteiger partial charge in [0, 0.05) is 24.5 Å². The van der Waals surface area contributed by atoms with E-state index in [4.69, 9.17) is 10.5 Å². The van der Waals surface area contributed by atoms with E-state index in [2.05, 4.69) is 6.07 Å². The maximum absolute atomic E-state index is 11.6. The fourth-order valence-electron chi connectivity index (χ4n) is 2.17. The molecule has 4 heteroatoms. The summed E-state index contributed by atoms with van der Waals surface area (Å²) in [6, 6.07) is 9.24. The highest BCUT2D eigenvalue weighted by Gasteiger charge is 1.99. The summed E-state index contributed by atoms with van der Waals surface area (Å²) >= 11 is 0. The highest BCUT2D eigenvalue weighted by atomic mass is 16.5. The third-order valence-electron chi connectivity index (χ3n) is 3.01. The average molecular weight is 272 g/mol. The molecule has 0 amide bonds. The molecule has 0 radical (unpaired) electrons. The zero-order valence-electron chi connectivity index (χ0n) is 11.9. The minimum Gasteiger partial charge on any atom is -0.494 e. The van der Waals surface area contributed by atoms with Crippen LogP contribution in [0.1, 0.15) is 17.5 Å². The van der Waals surface area contributed by atoms with E-state index in [-0.39, 0.29) is 5.56 Å². The van der Waals surface area contributed by atoms with Crippen LogP contribution in [-0.4, -0.2) is 11.2 Å². The number of nitrogens with zero attached hydrogens (tertiary/aromatic N) is 1. The number of nitrogen functional groups attached to an aromatic ring is 1. The molecule has 106 valence electrons. The van der Waals surface area contributed by atoms with Crippen molar-refractivity contribution in [2.75, 3.05) is 12.3 Å². The largest absolute Gasteiger partial charge is 0.494 e. The van der Waals surface area contributed by atoms with Gasteiger partial charge in [-0.2, -0.15) is 0 Å². The van der Waals surface area contributed by atoms with Crippen molar-refractivity contribution < 1.29 is 4.74 Å². The minimum atomic E-state index is -0.0365. The summed E-state index contributed by atoms with van der Waals surface area (Å²) in [5.41, 5.74) is 8.60. The lowest BCUT2D eigenvalue weighted by atomic mass is 10.1. The molecule has 0 saturated carbocycles. The number of nitrogens with two attached hydrogens (primary N) is 1. The predicted molar refractivity (Wildman–Crippen MR) is 81.1 cm³/mol. The van der Waals surface area contributed by atoms with Crippen LogP contribution in [-0.2, 0) is 6.54 Å². The van der Waals surface area contributed by atoms with Crippen LogP contribution in [0.15, 0.2) is 41.3 Å². The van der Waals surface area contributed by atoms with Crippen LogP contribution in [0.2, 0.25) is 0 Å². The van der Waals surface area contributed by atoms with Crippen LogP contribution in [0.5, 0.6) is 5.75 Å². The zero-order chi connectivity index (χ0) is 14.5. The van der Waals surface area contributed by atoms with E-state index >= 15 is 0 Å². The fourth-order valence-corrected chi connectivity index (χ4v) is 2.17. The number of pyridine rings is 1. The maximum atomic E-state index is 11.6. The van der Waals surface area contributed by atoms with Gasteiger partial charge in [0.2, 0.25) is 0 Å². The SMILES string of the molecule is Cc1cc(C)cc(OCCCn2cc(N)ccc2=O)c1. The number of aromatic nitrogens is 1. The lowest BCUT2D eigenvalue weighted by molar-refractivity contribution is 0.300. The van der Waals surface area contributed by atoms with Crippen molar-refractivity contribution in [2.24, 2.45) is 0 Å². The molecule has 1 heterocycles. The molecular formula is C16H20N2O2. The van der Waals surface area contributed by atoms with Gasteiger partial charge >= 0.3 is 0 Å². The summed E-state index contributed by atoms with van der Waals surface area (Å²) in [7, 11) is 0. The van der Waals surface area contributed by atoms with Crippen LogP contribution in [0.25, 0.3) is 0 Å². The summed E-state index contributed by atoms with van der Waals surface area (Å²) in [6.45, 7) is 5.27. The second-order valence-corrected chi connectivity index (χ2v) is 5.02. The summed E-state index contributed by atoms with van der Waals surface area (Å²) in [6.07, 6.45) is 2.43. The topological polar surface area (TPSA) is 57.2 Å². The number of hydrogen-bond donors (Lipinski definition) is 1. The minimum absolute atomic E-state index is 0.0365. The fraction of sp³-hybridized carbons (Fsp3) is 0.312. The predicted octanol–water partition coefficient (Wildman–Crippen LogP) is 2.52. The molecule has 4 nitrogen and oxygen atoms in total. The molecule has 0 bridgehead atoms. The van der Waals surface area contributed by atoms with Crippen LogP contribution in [0, 0.1) is 13.8 Å². The first-order valence-electron chi connectivity index (χ1n) is 6.72. The molecule has 2 rings (SSSR count). The Kier molecular flexibility index (Phi) is 4.45. The lowest BCUT2D eigenvalue weighted by Gasteiger charge is -2.09. The van der Waals surface area contributed by atoms with Gasteiger partial charge in [-0.1, -0.05) is 6.07 Å². The Morgan fingerprint density at radius 3 is 2.55 bits per heavy atom. The van der Waals surface area contributed by atoms with Gasteiger partial charge in [0.05, 0.1) is 6.61 Å². The Bertz CT molecular complexity index is 627. The third-order valence-corrected chi connectivity index (χ3v) is 3.01. The molecule has 0 unspecified atom stereocenters. The molecule has 20 heavy (non-hydrogen) atoms. The Balaban J connectivity index is 1.87. The summed E-state index contributed by atoms with van der Waals surface area (Å²) in [5.74, 6) is 0.877. The molecule has 0 fully saturated rings. The van der Waals surface area contributed by atoms with Crippen LogP contribution in [0.3, 0.4) is 0 Å². The van der Waals surface area contributed by atoms with Gasteiger partial charge in [0.25, 0.3) is 5.56 Å². The van der Waals surface area contributed by atoms with Gasteiger partial charge in [-0.25, -0.2) is 0 Å². The smallest absolute Gasteiger partial charge is 0.250 e. The van der Waals surface area contributed by atoms with E-state index in [9.17, 15) is 4.79 Å². The average Bonchev–Trinajstić information content (AvgIpc) is 2.37. The molecule has 0 saturated heterocycles. The molecular weight excluding hydrogens is 252 g/mol. The van der Waals surface area contributed by atoms with Crippen molar-refractivity contribution in [3.8, 4) is 5.75 Å². The molecule has 2 aromatic rings.